The molecule has 0 spiro atoms. The fraction of sp³-hybridized carbons (Fsp3) is 0.692. The molecule has 0 radical (unpaired) electrons. The van der Waals surface area contributed by atoms with E-state index in [9.17, 15) is 0 Å². The first kappa shape index (κ1) is 13.6. The van der Waals surface area contributed by atoms with Crippen LogP contribution in [0, 0.1) is 23.2 Å². The van der Waals surface area contributed by atoms with E-state index in [0.717, 1.165) is 37.8 Å². The molecule has 1 aliphatic carbocycles. The minimum Gasteiger partial charge on any atom is -0.370 e. The highest BCUT2D eigenvalue weighted by Crippen LogP contribution is 2.27. The van der Waals surface area contributed by atoms with Gasteiger partial charge in [0.2, 0.25) is 0 Å². The van der Waals surface area contributed by atoms with Crippen LogP contribution in [-0.2, 0) is 0 Å². The van der Waals surface area contributed by atoms with Crippen molar-refractivity contribution in [3.05, 3.63) is 12.2 Å². The third-order valence-corrected chi connectivity index (χ3v) is 3.12. The van der Waals surface area contributed by atoms with Crippen LogP contribution in [-0.4, -0.2) is 19.0 Å². The van der Waals surface area contributed by atoms with Gasteiger partial charge in [-0.15, -0.1) is 0 Å². The molecule has 0 aliphatic heterocycles. The second kappa shape index (κ2) is 6.95. The standard InChI is InChI=1S/C13H22N4/c1-10(2)8-16-13(15)17-9-12-5-3-11(7-14)4-6-12/h11-12H,1,3-6,8-9H2,2H3,(H3,15,16,17). The van der Waals surface area contributed by atoms with Gasteiger partial charge in [0.25, 0.3) is 0 Å². The van der Waals surface area contributed by atoms with Crippen LogP contribution in [0.1, 0.15) is 32.6 Å². The number of rotatable bonds is 4. The minimum atomic E-state index is 0.265. The van der Waals surface area contributed by atoms with Crippen LogP contribution in [0.2, 0.25) is 0 Å². The quantitative estimate of drug-likeness (QED) is 0.442. The molecule has 1 saturated carbocycles. The number of nitrogens with two attached hydrogens (primary N) is 1. The van der Waals surface area contributed by atoms with E-state index in [4.69, 9.17) is 11.0 Å². The second-order valence-corrected chi connectivity index (χ2v) is 4.89. The molecule has 0 unspecified atom stereocenters. The SMILES string of the molecule is C=C(C)CN=C(N)NCC1CCC(C#N)CC1. The number of nitrogens with one attached hydrogen (secondary N) is 1. The Morgan fingerprint density at radius 2 is 2.12 bits per heavy atom. The number of hydrogen-bond donors (Lipinski definition) is 2. The molecule has 17 heavy (non-hydrogen) atoms. The molecule has 0 saturated heterocycles. The molecular formula is C13H22N4. The Morgan fingerprint density at radius 1 is 1.47 bits per heavy atom. The topological polar surface area (TPSA) is 74.2 Å². The summed E-state index contributed by atoms with van der Waals surface area (Å²) in [6.45, 7) is 7.15. The van der Waals surface area contributed by atoms with Crippen molar-refractivity contribution in [1.82, 2.24) is 5.32 Å². The fourth-order valence-corrected chi connectivity index (χ4v) is 2.02. The van der Waals surface area contributed by atoms with E-state index in [-0.39, 0.29) is 5.92 Å². The van der Waals surface area contributed by atoms with Crippen molar-refractivity contribution in [2.45, 2.75) is 32.6 Å². The van der Waals surface area contributed by atoms with Crippen LogP contribution >= 0.6 is 0 Å². The number of aliphatic imine (C=N–C) groups is 1. The molecule has 1 aliphatic rings. The lowest BCUT2D eigenvalue weighted by molar-refractivity contribution is 0.314. The lowest BCUT2D eigenvalue weighted by Gasteiger charge is -2.24. The summed E-state index contributed by atoms with van der Waals surface area (Å²) in [5, 5.41) is 11.9. The molecular weight excluding hydrogens is 212 g/mol. The van der Waals surface area contributed by atoms with Crippen molar-refractivity contribution in [3.63, 3.8) is 0 Å². The van der Waals surface area contributed by atoms with E-state index in [1.165, 1.54) is 0 Å². The maximum Gasteiger partial charge on any atom is 0.188 e. The molecule has 0 bridgehead atoms. The zero-order chi connectivity index (χ0) is 12.7. The molecule has 0 aromatic heterocycles. The van der Waals surface area contributed by atoms with E-state index in [0.29, 0.717) is 18.4 Å². The fourth-order valence-electron chi connectivity index (χ4n) is 2.02. The maximum absolute atomic E-state index is 8.80. The van der Waals surface area contributed by atoms with Crippen molar-refractivity contribution in [2.24, 2.45) is 22.6 Å². The van der Waals surface area contributed by atoms with E-state index in [1.807, 2.05) is 6.92 Å². The number of hydrogen-bond acceptors (Lipinski definition) is 2. The molecule has 1 fully saturated rings. The van der Waals surface area contributed by atoms with Gasteiger partial charge in [0.05, 0.1) is 12.6 Å². The van der Waals surface area contributed by atoms with Gasteiger partial charge < -0.3 is 11.1 Å². The van der Waals surface area contributed by atoms with Crippen LogP contribution < -0.4 is 11.1 Å². The number of nitriles is 1. The monoisotopic (exact) mass is 234 g/mol. The van der Waals surface area contributed by atoms with Gasteiger partial charge in [-0.25, -0.2) is 4.99 Å². The maximum atomic E-state index is 8.80. The molecule has 0 heterocycles. The number of guanidine groups is 1. The Morgan fingerprint density at radius 3 is 2.65 bits per heavy atom. The molecule has 0 aromatic rings. The highest BCUT2D eigenvalue weighted by Gasteiger charge is 2.20. The first-order valence-corrected chi connectivity index (χ1v) is 6.19. The Bertz CT molecular complexity index is 319. The highest BCUT2D eigenvalue weighted by atomic mass is 15.1. The second-order valence-electron chi connectivity index (χ2n) is 4.89. The summed E-state index contributed by atoms with van der Waals surface area (Å²) in [5.74, 6) is 1.38. The lowest BCUT2D eigenvalue weighted by atomic mass is 9.83. The van der Waals surface area contributed by atoms with Crippen LogP contribution in [0.25, 0.3) is 0 Å². The van der Waals surface area contributed by atoms with Crippen molar-refractivity contribution >= 4 is 5.96 Å². The van der Waals surface area contributed by atoms with Crippen LogP contribution in [0.15, 0.2) is 17.1 Å². The van der Waals surface area contributed by atoms with E-state index in [2.05, 4.69) is 23.0 Å². The number of nitrogens with zero attached hydrogens (tertiary/aromatic N) is 2. The van der Waals surface area contributed by atoms with Gasteiger partial charge in [0, 0.05) is 12.5 Å². The summed E-state index contributed by atoms with van der Waals surface area (Å²) in [6, 6.07) is 2.34. The summed E-state index contributed by atoms with van der Waals surface area (Å²) in [6.07, 6.45) is 4.26. The molecule has 4 heteroatoms. The zero-order valence-electron chi connectivity index (χ0n) is 10.6. The average Bonchev–Trinajstić information content (AvgIpc) is 2.34. The molecule has 94 valence electrons. The van der Waals surface area contributed by atoms with E-state index < -0.39 is 0 Å². The summed E-state index contributed by atoms with van der Waals surface area (Å²) in [7, 11) is 0. The van der Waals surface area contributed by atoms with E-state index >= 15 is 0 Å². The predicted octanol–water partition coefficient (Wildman–Crippen LogP) is 1.80. The summed E-state index contributed by atoms with van der Waals surface area (Å²) < 4.78 is 0. The minimum absolute atomic E-state index is 0.265. The van der Waals surface area contributed by atoms with Gasteiger partial charge in [-0.2, -0.15) is 5.26 Å². The van der Waals surface area contributed by atoms with Gasteiger partial charge in [-0.1, -0.05) is 12.2 Å². The third-order valence-electron chi connectivity index (χ3n) is 3.12. The van der Waals surface area contributed by atoms with Crippen LogP contribution in [0.4, 0.5) is 0 Å². The predicted molar refractivity (Wildman–Crippen MR) is 70.4 cm³/mol. The lowest BCUT2D eigenvalue weighted by Crippen LogP contribution is -2.36. The van der Waals surface area contributed by atoms with Crippen molar-refractivity contribution in [3.8, 4) is 6.07 Å². The molecule has 0 amide bonds. The van der Waals surface area contributed by atoms with Crippen LogP contribution in [0.3, 0.4) is 0 Å². The van der Waals surface area contributed by atoms with Crippen molar-refractivity contribution < 1.29 is 0 Å². The molecule has 3 N–H and O–H groups in total. The summed E-state index contributed by atoms with van der Waals surface area (Å²) in [5.41, 5.74) is 6.74. The van der Waals surface area contributed by atoms with Gasteiger partial charge in [0.1, 0.15) is 0 Å². The smallest absolute Gasteiger partial charge is 0.188 e. The van der Waals surface area contributed by atoms with Gasteiger partial charge in [-0.05, 0) is 38.5 Å². The molecule has 0 aromatic carbocycles. The van der Waals surface area contributed by atoms with E-state index in [1.54, 1.807) is 0 Å². The summed E-state index contributed by atoms with van der Waals surface area (Å²) >= 11 is 0. The molecule has 1 rings (SSSR count). The van der Waals surface area contributed by atoms with Crippen LogP contribution in [0.5, 0.6) is 0 Å². The Kier molecular flexibility index (Phi) is 5.55. The third kappa shape index (κ3) is 5.39. The first-order chi connectivity index (χ1) is 8.11. The average molecular weight is 234 g/mol. The normalized spacial score (nSPS) is 25.1. The van der Waals surface area contributed by atoms with Gasteiger partial charge in [0.15, 0.2) is 5.96 Å². The molecule has 4 nitrogen and oxygen atoms in total. The highest BCUT2D eigenvalue weighted by molar-refractivity contribution is 5.77. The van der Waals surface area contributed by atoms with Crippen molar-refractivity contribution in [2.75, 3.05) is 13.1 Å². The summed E-state index contributed by atoms with van der Waals surface area (Å²) in [4.78, 5) is 4.17. The Hall–Kier alpha value is -1.50. The zero-order valence-corrected chi connectivity index (χ0v) is 10.6. The Labute approximate surface area is 104 Å². The van der Waals surface area contributed by atoms with Crippen molar-refractivity contribution in [1.29, 1.82) is 5.26 Å². The Balaban J connectivity index is 2.21. The first-order valence-electron chi connectivity index (χ1n) is 6.19. The molecule has 0 atom stereocenters. The largest absolute Gasteiger partial charge is 0.370 e. The van der Waals surface area contributed by atoms with Gasteiger partial charge >= 0.3 is 0 Å². The van der Waals surface area contributed by atoms with Gasteiger partial charge in [-0.3, -0.25) is 0 Å².